The minimum atomic E-state index is -0.861. The van der Waals surface area contributed by atoms with Crippen LogP contribution in [-0.2, 0) is 14.1 Å². The maximum Gasteiger partial charge on any atom is 0.133 e. The fraction of sp³-hybridized carbons (Fsp3) is 0.500. The van der Waals surface area contributed by atoms with Crippen LogP contribution in [-0.4, -0.2) is 24.7 Å². The first kappa shape index (κ1) is 14.6. The average Bonchev–Trinajstić information content (AvgIpc) is 2.81. The van der Waals surface area contributed by atoms with E-state index in [9.17, 15) is 5.11 Å². The molecule has 0 aliphatic carbocycles. The predicted molar refractivity (Wildman–Crippen MR) is 77.3 cm³/mol. The molecule has 0 spiro atoms. The number of hydrogen-bond acceptors (Lipinski definition) is 3. The van der Waals surface area contributed by atoms with Gasteiger partial charge in [0.25, 0.3) is 0 Å². The van der Waals surface area contributed by atoms with Crippen LogP contribution in [0, 0.1) is 0 Å². The Bertz CT molecular complexity index is 586. The molecule has 0 aliphatic rings. The topological polar surface area (TPSA) is 55.9 Å². The number of aryl methyl sites for hydroxylation is 2. The Morgan fingerprint density at radius 2 is 1.95 bits per heavy atom. The van der Waals surface area contributed by atoms with Crippen molar-refractivity contribution in [2.24, 2.45) is 14.1 Å². The number of aliphatic hydroxyl groups excluding tert-OH is 1. The van der Waals surface area contributed by atoms with E-state index in [1.165, 1.54) is 0 Å². The molecule has 0 aliphatic heterocycles. The van der Waals surface area contributed by atoms with Gasteiger partial charge in [0.05, 0.1) is 22.1 Å². The number of rotatable bonds is 3. The molecule has 0 bridgehead atoms. The summed E-state index contributed by atoms with van der Waals surface area (Å²) in [5.74, 6) is 0.176. The van der Waals surface area contributed by atoms with E-state index in [-0.39, 0.29) is 5.92 Å². The molecule has 0 aromatic carbocycles. The molecule has 1 unspecified atom stereocenters. The number of halogens is 2. The lowest BCUT2D eigenvalue weighted by molar-refractivity contribution is 0.207. The largest absolute Gasteiger partial charge is 0.382 e. The zero-order chi connectivity index (χ0) is 14.3. The molecule has 1 atom stereocenters. The molecular formula is C12H16BrClN4O. The van der Waals surface area contributed by atoms with Gasteiger partial charge >= 0.3 is 0 Å². The van der Waals surface area contributed by atoms with Gasteiger partial charge in [-0.1, -0.05) is 25.4 Å². The first-order chi connectivity index (χ1) is 8.84. The van der Waals surface area contributed by atoms with Gasteiger partial charge in [0.1, 0.15) is 11.3 Å². The SMILES string of the molecule is CC(C)c1nn(C)c(Cl)c1C(O)c1c(Br)cnn1C. The van der Waals surface area contributed by atoms with E-state index in [2.05, 4.69) is 26.1 Å². The lowest BCUT2D eigenvalue weighted by atomic mass is 10.0. The second-order valence-electron chi connectivity index (χ2n) is 4.77. The van der Waals surface area contributed by atoms with Crippen LogP contribution >= 0.6 is 27.5 Å². The van der Waals surface area contributed by atoms with Crippen molar-refractivity contribution in [3.05, 3.63) is 32.8 Å². The van der Waals surface area contributed by atoms with Gasteiger partial charge in [-0.25, -0.2) is 0 Å². The van der Waals surface area contributed by atoms with Crippen LogP contribution in [0.5, 0.6) is 0 Å². The molecule has 0 fully saturated rings. The Morgan fingerprint density at radius 1 is 1.32 bits per heavy atom. The van der Waals surface area contributed by atoms with Gasteiger partial charge in [0, 0.05) is 19.7 Å². The van der Waals surface area contributed by atoms with Gasteiger partial charge in [-0.2, -0.15) is 10.2 Å². The zero-order valence-corrected chi connectivity index (χ0v) is 13.6. The van der Waals surface area contributed by atoms with E-state index in [0.29, 0.717) is 16.4 Å². The molecule has 5 nitrogen and oxygen atoms in total. The molecule has 2 aromatic heterocycles. The van der Waals surface area contributed by atoms with Crippen LogP contribution < -0.4 is 0 Å². The van der Waals surface area contributed by atoms with Crippen molar-refractivity contribution in [2.75, 3.05) is 0 Å². The van der Waals surface area contributed by atoms with Crippen molar-refractivity contribution in [1.29, 1.82) is 0 Å². The average molecular weight is 348 g/mol. The van der Waals surface area contributed by atoms with Crippen molar-refractivity contribution in [3.63, 3.8) is 0 Å². The van der Waals surface area contributed by atoms with Crippen molar-refractivity contribution in [2.45, 2.75) is 25.9 Å². The molecule has 1 N–H and O–H groups in total. The number of nitrogens with zero attached hydrogens (tertiary/aromatic N) is 4. The summed E-state index contributed by atoms with van der Waals surface area (Å²) in [6, 6.07) is 0. The van der Waals surface area contributed by atoms with Crippen LogP contribution in [0.2, 0.25) is 5.15 Å². The molecule has 0 saturated heterocycles. The van der Waals surface area contributed by atoms with Crippen molar-refractivity contribution < 1.29 is 5.11 Å². The minimum absolute atomic E-state index is 0.176. The van der Waals surface area contributed by atoms with E-state index in [1.54, 1.807) is 29.7 Å². The molecule has 104 valence electrons. The lowest BCUT2D eigenvalue weighted by Gasteiger charge is -2.14. The number of aromatic nitrogens is 4. The molecule has 0 saturated carbocycles. The molecule has 2 aromatic rings. The Balaban J connectivity index is 2.59. The van der Waals surface area contributed by atoms with Crippen LogP contribution in [0.4, 0.5) is 0 Å². The summed E-state index contributed by atoms with van der Waals surface area (Å²) in [6.45, 7) is 4.04. The lowest BCUT2D eigenvalue weighted by Crippen LogP contribution is -2.09. The quantitative estimate of drug-likeness (QED) is 0.929. The molecule has 0 radical (unpaired) electrons. The molecule has 2 rings (SSSR count). The summed E-state index contributed by atoms with van der Waals surface area (Å²) in [4.78, 5) is 0. The van der Waals surface area contributed by atoms with E-state index >= 15 is 0 Å². The minimum Gasteiger partial charge on any atom is -0.382 e. The fourth-order valence-corrected chi connectivity index (χ4v) is 2.89. The van der Waals surface area contributed by atoms with Gasteiger partial charge in [-0.3, -0.25) is 9.36 Å². The third kappa shape index (κ3) is 2.44. The first-order valence-electron chi connectivity index (χ1n) is 5.92. The standard InChI is InChI=1S/C12H16BrClN4O/c1-6(2)9-8(12(14)18(4)16-9)11(19)10-7(13)5-15-17(10)3/h5-6,11,19H,1-4H3. The van der Waals surface area contributed by atoms with Crippen LogP contribution in [0.25, 0.3) is 0 Å². The Kier molecular flexibility index (Phi) is 4.03. The summed E-state index contributed by atoms with van der Waals surface area (Å²) in [5, 5.41) is 19.6. The molecule has 2 heterocycles. The summed E-state index contributed by atoms with van der Waals surface area (Å²) >= 11 is 9.66. The molecule has 0 amide bonds. The molecular weight excluding hydrogens is 332 g/mol. The smallest absolute Gasteiger partial charge is 0.133 e. The van der Waals surface area contributed by atoms with Crippen LogP contribution in [0.15, 0.2) is 10.7 Å². The normalized spacial score (nSPS) is 13.3. The Labute approximate surface area is 125 Å². The molecule has 19 heavy (non-hydrogen) atoms. The summed E-state index contributed by atoms with van der Waals surface area (Å²) in [6.07, 6.45) is 0.790. The third-order valence-electron chi connectivity index (χ3n) is 3.06. The van der Waals surface area contributed by atoms with Gasteiger partial charge in [0.2, 0.25) is 0 Å². The maximum atomic E-state index is 10.6. The van der Waals surface area contributed by atoms with Gasteiger partial charge in [-0.15, -0.1) is 0 Å². The first-order valence-corrected chi connectivity index (χ1v) is 7.09. The highest BCUT2D eigenvalue weighted by molar-refractivity contribution is 9.10. The highest BCUT2D eigenvalue weighted by Crippen LogP contribution is 2.36. The van der Waals surface area contributed by atoms with E-state index in [0.717, 1.165) is 10.2 Å². The van der Waals surface area contributed by atoms with Crippen molar-refractivity contribution >= 4 is 27.5 Å². The maximum absolute atomic E-state index is 10.6. The third-order valence-corrected chi connectivity index (χ3v) is 4.12. The van der Waals surface area contributed by atoms with Crippen LogP contribution in [0.1, 0.15) is 42.8 Å². The highest BCUT2D eigenvalue weighted by atomic mass is 79.9. The van der Waals surface area contributed by atoms with E-state index < -0.39 is 6.10 Å². The summed E-state index contributed by atoms with van der Waals surface area (Å²) < 4.78 is 3.96. The monoisotopic (exact) mass is 346 g/mol. The van der Waals surface area contributed by atoms with E-state index in [4.69, 9.17) is 11.6 Å². The highest BCUT2D eigenvalue weighted by Gasteiger charge is 2.28. The second kappa shape index (κ2) is 5.26. The predicted octanol–water partition coefficient (Wildman–Crippen LogP) is 2.77. The number of hydrogen-bond donors (Lipinski definition) is 1. The van der Waals surface area contributed by atoms with Gasteiger partial charge in [0.15, 0.2) is 0 Å². The second-order valence-corrected chi connectivity index (χ2v) is 5.98. The Morgan fingerprint density at radius 3 is 2.42 bits per heavy atom. The number of aliphatic hydroxyl groups is 1. The van der Waals surface area contributed by atoms with E-state index in [1.807, 2.05) is 13.8 Å². The van der Waals surface area contributed by atoms with Gasteiger partial charge < -0.3 is 5.11 Å². The fourth-order valence-electron chi connectivity index (χ4n) is 2.08. The zero-order valence-electron chi connectivity index (χ0n) is 11.2. The molecule has 7 heteroatoms. The summed E-state index contributed by atoms with van der Waals surface area (Å²) in [5.41, 5.74) is 2.10. The van der Waals surface area contributed by atoms with Crippen LogP contribution in [0.3, 0.4) is 0 Å². The summed E-state index contributed by atoms with van der Waals surface area (Å²) in [7, 11) is 3.55. The van der Waals surface area contributed by atoms with Crippen molar-refractivity contribution in [1.82, 2.24) is 19.6 Å². The van der Waals surface area contributed by atoms with Crippen molar-refractivity contribution in [3.8, 4) is 0 Å². The van der Waals surface area contributed by atoms with Gasteiger partial charge in [-0.05, 0) is 21.8 Å². The Hall–Kier alpha value is -0.850.